The number of hydrogen-bond acceptors (Lipinski definition) is 5. The van der Waals surface area contributed by atoms with Gasteiger partial charge in [0.1, 0.15) is 11.2 Å². The summed E-state index contributed by atoms with van der Waals surface area (Å²) in [6, 6.07) is 81.8. The molecule has 1 saturated heterocycles. The van der Waals surface area contributed by atoms with E-state index >= 15 is 0 Å². The average Bonchev–Trinajstić information content (AvgIpc) is 3.98. The van der Waals surface area contributed by atoms with Crippen LogP contribution < -0.4 is 16.0 Å². The van der Waals surface area contributed by atoms with E-state index in [-0.39, 0.29) is 18.5 Å². The van der Waals surface area contributed by atoms with E-state index in [1.807, 2.05) is 11.3 Å². The molecule has 2 aromatic heterocycles. The molecule has 4 nitrogen and oxygen atoms in total. The van der Waals surface area contributed by atoms with E-state index in [4.69, 9.17) is 4.42 Å². The number of nitrogens with one attached hydrogen (secondary N) is 3. The van der Waals surface area contributed by atoms with E-state index in [9.17, 15) is 0 Å². The van der Waals surface area contributed by atoms with Gasteiger partial charge in [-0.3, -0.25) is 16.0 Å². The van der Waals surface area contributed by atoms with Gasteiger partial charge in [-0.05, 0) is 125 Å². The normalized spacial score (nSPS) is 16.5. The lowest BCUT2D eigenvalue weighted by atomic mass is 9.91. The van der Waals surface area contributed by atoms with Gasteiger partial charge in [-0.25, -0.2) is 0 Å². The molecule has 3 N–H and O–H groups in total. The van der Waals surface area contributed by atoms with Crippen molar-refractivity contribution in [1.29, 1.82) is 0 Å². The van der Waals surface area contributed by atoms with Crippen molar-refractivity contribution < 1.29 is 4.42 Å². The molecule has 0 aliphatic carbocycles. The molecule has 3 heterocycles. The Balaban J connectivity index is 0.846. The predicted molar refractivity (Wildman–Crippen MR) is 286 cm³/mol. The number of benzene rings is 11. The Hall–Kier alpha value is -7.90. The molecule has 68 heavy (non-hydrogen) atoms. The summed E-state index contributed by atoms with van der Waals surface area (Å²) in [4.78, 5) is 0. The maximum atomic E-state index is 6.71. The summed E-state index contributed by atoms with van der Waals surface area (Å²) in [6.45, 7) is 0. The predicted octanol–water partition coefficient (Wildman–Crippen LogP) is 16.6. The SMILES string of the molecule is c1ccc2cc(C3NC(c4ccc(-c5cccc6ccccc56)cc4)NC(c4cccc5c(-c6cccc7oc8cc(-c9ccc%10sc%11ccccc%11c%10c9)ccc8c67)cccc45)N3)ccc2c1. The zero-order valence-corrected chi connectivity index (χ0v) is 37.7. The molecule has 11 aromatic carbocycles. The van der Waals surface area contributed by atoms with E-state index in [2.05, 4.69) is 240 Å². The van der Waals surface area contributed by atoms with Crippen LogP contribution in [0.25, 0.3) is 108 Å². The molecular weight excluding hydrogens is 847 g/mol. The van der Waals surface area contributed by atoms with E-state index in [1.54, 1.807) is 0 Å². The van der Waals surface area contributed by atoms with Gasteiger partial charge in [0.15, 0.2) is 0 Å². The van der Waals surface area contributed by atoms with Crippen LogP contribution in [0.4, 0.5) is 0 Å². The molecule has 0 bridgehead atoms. The Morgan fingerprint density at radius 1 is 0.324 bits per heavy atom. The van der Waals surface area contributed by atoms with Crippen LogP contribution >= 0.6 is 11.3 Å². The highest BCUT2D eigenvalue weighted by Gasteiger charge is 2.31. The van der Waals surface area contributed by atoms with E-state index in [0.717, 1.165) is 33.1 Å². The summed E-state index contributed by atoms with van der Waals surface area (Å²) in [5, 5.41) is 24.2. The highest BCUT2D eigenvalue weighted by Crippen LogP contribution is 2.43. The summed E-state index contributed by atoms with van der Waals surface area (Å²) >= 11 is 1.85. The molecule has 1 aliphatic rings. The average molecular weight is 890 g/mol. The fourth-order valence-corrected chi connectivity index (χ4v) is 12.0. The van der Waals surface area contributed by atoms with Crippen molar-refractivity contribution >= 4 is 85.8 Å². The zero-order chi connectivity index (χ0) is 44.7. The molecule has 322 valence electrons. The Kier molecular flexibility index (Phi) is 9.17. The lowest BCUT2D eigenvalue weighted by Gasteiger charge is -2.40. The Bertz CT molecular complexity index is 4110. The minimum Gasteiger partial charge on any atom is -0.456 e. The van der Waals surface area contributed by atoms with Gasteiger partial charge in [-0.15, -0.1) is 11.3 Å². The lowest BCUT2D eigenvalue weighted by Crippen LogP contribution is -2.54. The van der Waals surface area contributed by atoms with Crippen LogP contribution in [0.15, 0.2) is 229 Å². The number of rotatable bonds is 6. The number of fused-ring (bicyclic) bond motifs is 9. The van der Waals surface area contributed by atoms with Crippen LogP contribution in [0.3, 0.4) is 0 Å². The first-order valence-electron chi connectivity index (χ1n) is 23.4. The molecule has 13 aromatic rings. The molecule has 0 spiro atoms. The first-order chi connectivity index (χ1) is 33.7. The van der Waals surface area contributed by atoms with Gasteiger partial charge in [0, 0.05) is 30.9 Å². The minimum absolute atomic E-state index is 0.130. The van der Waals surface area contributed by atoms with Crippen molar-refractivity contribution in [1.82, 2.24) is 16.0 Å². The molecule has 5 heteroatoms. The van der Waals surface area contributed by atoms with Crippen molar-refractivity contribution in [3.05, 3.63) is 241 Å². The van der Waals surface area contributed by atoms with Gasteiger partial charge in [0.05, 0.1) is 18.5 Å². The third-order valence-corrected chi connectivity index (χ3v) is 15.4. The van der Waals surface area contributed by atoms with Crippen molar-refractivity contribution in [2.45, 2.75) is 18.5 Å². The highest BCUT2D eigenvalue weighted by atomic mass is 32.1. The van der Waals surface area contributed by atoms with Gasteiger partial charge in [0.2, 0.25) is 0 Å². The molecule has 0 amide bonds. The third kappa shape index (κ3) is 6.55. The Labute approximate surface area is 397 Å². The Morgan fingerprint density at radius 3 is 1.85 bits per heavy atom. The number of furan rings is 1. The fraction of sp³-hybridized carbons (Fsp3) is 0.0476. The van der Waals surface area contributed by atoms with Gasteiger partial charge >= 0.3 is 0 Å². The van der Waals surface area contributed by atoms with Crippen LogP contribution in [0, 0.1) is 0 Å². The Morgan fingerprint density at radius 2 is 0.941 bits per heavy atom. The van der Waals surface area contributed by atoms with Crippen molar-refractivity contribution in [3.63, 3.8) is 0 Å². The molecule has 1 aliphatic heterocycles. The number of thiophene rings is 1. The molecule has 3 atom stereocenters. The van der Waals surface area contributed by atoms with E-state index < -0.39 is 0 Å². The van der Waals surface area contributed by atoms with Crippen LogP contribution in [0.2, 0.25) is 0 Å². The second kappa shape index (κ2) is 15.9. The second-order valence-corrected chi connectivity index (χ2v) is 19.2. The third-order valence-electron chi connectivity index (χ3n) is 14.2. The van der Waals surface area contributed by atoms with Gasteiger partial charge in [-0.1, -0.05) is 182 Å². The van der Waals surface area contributed by atoms with Gasteiger partial charge in [-0.2, -0.15) is 0 Å². The molecule has 14 rings (SSSR count). The standard InChI is InChI=1S/C63H43N3OS/c1-2-13-42-35-45(30-25-38(42)11-1)62-64-61(41-28-26-40(27-29-41)47-17-7-14-39-12-3-4-15-46(39)47)65-63(66-62)53-22-9-18-48-49(19-8-20-50(48)53)52-21-10-23-56-60(52)54-33-31-44(37-57(54)67-56)43-32-34-59-55(36-43)51-16-5-6-24-58(51)68-59/h1-37,61-66H. The molecule has 3 unspecified atom stereocenters. The largest absolute Gasteiger partial charge is 0.456 e. The summed E-state index contributed by atoms with van der Waals surface area (Å²) in [5.41, 5.74) is 12.4. The summed E-state index contributed by atoms with van der Waals surface area (Å²) in [5.74, 6) is 0. The molecule has 1 fully saturated rings. The monoisotopic (exact) mass is 889 g/mol. The minimum atomic E-state index is -0.176. The lowest BCUT2D eigenvalue weighted by molar-refractivity contribution is 0.204. The first-order valence-corrected chi connectivity index (χ1v) is 24.2. The summed E-state index contributed by atoms with van der Waals surface area (Å²) in [6.07, 6.45) is -0.445. The van der Waals surface area contributed by atoms with Crippen LogP contribution in [-0.4, -0.2) is 0 Å². The zero-order valence-electron chi connectivity index (χ0n) is 36.9. The summed E-state index contributed by atoms with van der Waals surface area (Å²) in [7, 11) is 0. The van der Waals surface area contributed by atoms with Gasteiger partial charge in [0.25, 0.3) is 0 Å². The maximum Gasteiger partial charge on any atom is 0.136 e. The van der Waals surface area contributed by atoms with Crippen molar-refractivity contribution in [2.75, 3.05) is 0 Å². The smallest absolute Gasteiger partial charge is 0.136 e. The number of hydrogen-bond donors (Lipinski definition) is 3. The van der Waals surface area contributed by atoms with E-state index in [0.29, 0.717) is 0 Å². The van der Waals surface area contributed by atoms with Crippen LogP contribution in [0.1, 0.15) is 35.2 Å². The fourth-order valence-electron chi connectivity index (χ4n) is 10.9. The van der Waals surface area contributed by atoms with Crippen LogP contribution in [-0.2, 0) is 0 Å². The topological polar surface area (TPSA) is 49.2 Å². The quantitative estimate of drug-likeness (QED) is 0.156. The van der Waals surface area contributed by atoms with Gasteiger partial charge < -0.3 is 4.42 Å². The van der Waals surface area contributed by atoms with Crippen molar-refractivity contribution in [2.24, 2.45) is 0 Å². The maximum absolute atomic E-state index is 6.71. The molecular formula is C63H43N3OS. The second-order valence-electron chi connectivity index (χ2n) is 18.1. The summed E-state index contributed by atoms with van der Waals surface area (Å²) < 4.78 is 9.34. The van der Waals surface area contributed by atoms with Crippen LogP contribution in [0.5, 0.6) is 0 Å². The molecule has 0 saturated carbocycles. The first kappa shape index (κ1) is 39.3. The van der Waals surface area contributed by atoms with E-state index in [1.165, 1.54) is 91.4 Å². The van der Waals surface area contributed by atoms with Crippen molar-refractivity contribution in [3.8, 4) is 33.4 Å². The molecule has 0 radical (unpaired) electrons. The highest BCUT2D eigenvalue weighted by molar-refractivity contribution is 7.25.